The number of amidine groups is 1. The van der Waals surface area contributed by atoms with E-state index in [2.05, 4.69) is 11.9 Å². The van der Waals surface area contributed by atoms with Crippen LogP contribution in [-0.2, 0) is 0 Å². The molecule has 0 aromatic heterocycles. The number of nitrogens with two attached hydrogens (primary N) is 1. The van der Waals surface area contributed by atoms with Crippen molar-refractivity contribution in [2.24, 2.45) is 5.73 Å². The third-order valence-electron chi connectivity index (χ3n) is 3.04. The fourth-order valence-corrected chi connectivity index (χ4v) is 3.18. The van der Waals surface area contributed by atoms with Gasteiger partial charge in [-0.05, 0) is 36.4 Å². The van der Waals surface area contributed by atoms with E-state index in [4.69, 9.17) is 11.1 Å². The van der Waals surface area contributed by atoms with Gasteiger partial charge in [-0.1, -0.05) is 0 Å². The molecule has 1 fully saturated rings. The topological polar surface area (TPSA) is 53.1 Å². The van der Waals surface area contributed by atoms with Crippen LogP contribution in [0.4, 0.5) is 5.69 Å². The summed E-state index contributed by atoms with van der Waals surface area (Å²) in [6.45, 7) is 0. The van der Waals surface area contributed by atoms with Crippen LogP contribution < -0.4 is 10.6 Å². The van der Waals surface area contributed by atoms with Crippen LogP contribution in [0.3, 0.4) is 0 Å². The van der Waals surface area contributed by atoms with Gasteiger partial charge in [-0.15, -0.1) is 0 Å². The number of rotatable bonds is 3. The summed E-state index contributed by atoms with van der Waals surface area (Å²) >= 11 is 2.02. The van der Waals surface area contributed by atoms with E-state index >= 15 is 0 Å². The second-order valence-corrected chi connectivity index (χ2v) is 5.24. The Kier molecular flexibility index (Phi) is 3.39. The summed E-state index contributed by atoms with van der Waals surface area (Å²) in [5.41, 5.74) is 7.42. The molecule has 1 saturated heterocycles. The number of hydrogen-bond donors (Lipinski definition) is 2. The van der Waals surface area contributed by atoms with Crippen molar-refractivity contribution in [3.63, 3.8) is 0 Å². The highest BCUT2D eigenvalue weighted by molar-refractivity contribution is 7.99. The maximum absolute atomic E-state index is 7.34. The minimum Gasteiger partial charge on any atom is -0.384 e. The molecular weight excluding hydrogens is 218 g/mol. The highest BCUT2D eigenvalue weighted by atomic mass is 32.2. The monoisotopic (exact) mass is 235 g/mol. The molecule has 3 nitrogen and oxygen atoms in total. The van der Waals surface area contributed by atoms with E-state index in [1.807, 2.05) is 36.0 Å². The van der Waals surface area contributed by atoms with Crippen molar-refractivity contribution in [3.8, 4) is 0 Å². The molecule has 3 N–H and O–H groups in total. The molecule has 1 aliphatic heterocycles. The van der Waals surface area contributed by atoms with Crippen molar-refractivity contribution < 1.29 is 0 Å². The molecule has 1 heterocycles. The van der Waals surface area contributed by atoms with Gasteiger partial charge in [0.2, 0.25) is 0 Å². The first-order chi connectivity index (χ1) is 7.68. The number of thioether (sulfide) groups is 1. The maximum Gasteiger partial charge on any atom is 0.122 e. The molecule has 0 bridgehead atoms. The Bertz CT molecular complexity index is 368. The van der Waals surface area contributed by atoms with Crippen molar-refractivity contribution in [3.05, 3.63) is 29.8 Å². The van der Waals surface area contributed by atoms with Crippen LogP contribution in [0.2, 0.25) is 0 Å². The minimum atomic E-state index is 0.130. The number of hydrogen-bond acceptors (Lipinski definition) is 3. The lowest BCUT2D eigenvalue weighted by molar-refractivity contribution is 0.700. The van der Waals surface area contributed by atoms with Crippen molar-refractivity contribution in [1.29, 1.82) is 5.41 Å². The normalized spacial score (nSPS) is 19.7. The van der Waals surface area contributed by atoms with E-state index in [0.29, 0.717) is 6.04 Å². The molecule has 1 aromatic carbocycles. The quantitative estimate of drug-likeness (QED) is 0.621. The molecular formula is C12H17N3S. The second kappa shape index (κ2) is 4.78. The van der Waals surface area contributed by atoms with Gasteiger partial charge in [0.05, 0.1) is 0 Å². The van der Waals surface area contributed by atoms with Crippen LogP contribution in [0.25, 0.3) is 0 Å². The van der Waals surface area contributed by atoms with E-state index in [1.165, 1.54) is 23.6 Å². The van der Waals surface area contributed by atoms with Crippen LogP contribution in [0, 0.1) is 5.41 Å². The van der Waals surface area contributed by atoms with Crippen LogP contribution in [0.1, 0.15) is 12.0 Å². The van der Waals surface area contributed by atoms with Gasteiger partial charge in [0, 0.05) is 30.1 Å². The van der Waals surface area contributed by atoms with Crippen LogP contribution in [0.5, 0.6) is 0 Å². The average Bonchev–Trinajstić information content (AvgIpc) is 2.81. The van der Waals surface area contributed by atoms with Crippen LogP contribution in [0.15, 0.2) is 24.3 Å². The molecule has 0 amide bonds. The summed E-state index contributed by atoms with van der Waals surface area (Å²) in [4.78, 5) is 2.32. The first kappa shape index (κ1) is 11.3. The zero-order valence-corrected chi connectivity index (χ0v) is 10.3. The standard InChI is InChI=1S/C12H17N3S/c1-15(11-6-7-16-8-11)10-4-2-9(3-5-10)12(13)14/h2-5,11H,6-8H2,1H3,(H3,13,14). The van der Waals surface area contributed by atoms with Crippen molar-refractivity contribution in [1.82, 2.24) is 0 Å². The summed E-state index contributed by atoms with van der Waals surface area (Å²) in [6, 6.07) is 8.56. The Hall–Kier alpha value is -1.16. The van der Waals surface area contributed by atoms with Gasteiger partial charge < -0.3 is 10.6 Å². The van der Waals surface area contributed by atoms with Crippen molar-refractivity contribution in [2.45, 2.75) is 12.5 Å². The Balaban J connectivity index is 2.11. The Morgan fingerprint density at radius 3 is 2.62 bits per heavy atom. The lowest BCUT2D eigenvalue weighted by Gasteiger charge is -2.26. The van der Waals surface area contributed by atoms with Crippen molar-refractivity contribution in [2.75, 3.05) is 23.5 Å². The molecule has 1 aliphatic rings. The number of nitrogen functional groups attached to an aromatic ring is 1. The molecule has 0 radical (unpaired) electrons. The summed E-state index contributed by atoms with van der Waals surface area (Å²) in [5, 5.41) is 7.34. The van der Waals surface area contributed by atoms with Crippen molar-refractivity contribution >= 4 is 23.3 Å². The number of anilines is 1. The number of nitrogens with one attached hydrogen (secondary N) is 1. The molecule has 0 aliphatic carbocycles. The third-order valence-corrected chi connectivity index (χ3v) is 4.18. The number of benzene rings is 1. The van der Waals surface area contributed by atoms with E-state index in [-0.39, 0.29) is 5.84 Å². The van der Waals surface area contributed by atoms with Gasteiger partial charge in [0.15, 0.2) is 0 Å². The Morgan fingerprint density at radius 1 is 1.44 bits per heavy atom. The molecule has 16 heavy (non-hydrogen) atoms. The van der Waals surface area contributed by atoms with Gasteiger partial charge in [-0.25, -0.2) is 0 Å². The first-order valence-corrected chi connectivity index (χ1v) is 6.59. The highest BCUT2D eigenvalue weighted by Crippen LogP contribution is 2.25. The first-order valence-electron chi connectivity index (χ1n) is 5.43. The van der Waals surface area contributed by atoms with Gasteiger partial charge in [0.25, 0.3) is 0 Å². The van der Waals surface area contributed by atoms with E-state index in [9.17, 15) is 0 Å². The van der Waals surface area contributed by atoms with Gasteiger partial charge in [0.1, 0.15) is 5.84 Å². The largest absolute Gasteiger partial charge is 0.384 e. The summed E-state index contributed by atoms with van der Waals surface area (Å²) in [7, 11) is 2.14. The zero-order valence-electron chi connectivity index (χ0n) is 9.44. The molecule has 86 valence electrons. The van der Waals surface area contributed by atoms with Gasteiger partial charge >= 0.3 is 0 Å². The van der Waals surface area contributed by atoms with E-state index in [0.717, 1.165) is 5.56 Å². The highest BCUT2D eigenvalue weighted by Gasteiger charge is 2.20. The number of nitrogens with zero attached hydrogens (tertiary/aromatic N) is 1. The van der Waals surface area contributed by atoms with E-state index in [1.54, 1.807) is 0 Å². The zero-order chi connectivity index (χ0) is 11.5. The molecule has 0 saturated carbocycles. The Labute approximate surface area is 101 Å². The average molecular weight is 235 g/mol. The van der Waals surface area contributed by atoms with E-state index < -0.39 is 0 Å². The second-order valence-electron chi connectivity index (χ2n) is 4.09. The predicted octanol–water partition coefficient (Wildman–Crippen LogP) is 1.91. The lowest BCUT2D eigenvalue weighted by Crippen LogP contribution is -2.31. The summed E-state index contributed by atoms with van der Waals surface area (Å²) in [6.07, 6.45) is 1.26. The van der Waals surface area contributed by atoms with Crippen LogP contribution >= 0.6 is 11.8 Å². The fraction of sp³-hybridized carbons (Fsp3) is 0.417. The molecule has 1 unspecified atom stereocenters. The third kappa shape index (κ3) is 2.32. The maximum atomic E-state index is 7.34. The molecule has 4 heteroatoms. The molecule has 1 aromatic rings. The lowest BCUT2D eigenvalue weighted by atomic mass is 10.1. The molecule has 0 spiro atoms. The summed E-state index contributed by atoms with van der Waals surface area (Å²) in [5.74, 6) is 2.61. The molecule has 1 atom stereocenters. The van der Waals surface area contributed by atoms with Gasteiger partial charge in [-0.2, -0.15) is 11.8 Å². The van der Waals surface area contributed by atoms with Gasteiger partial charge in [-0.3, -0.25) is 5.41 Å². The minimum absolute atomic E-state index is 0.130. The molecule has 2 rings (SSSR count). The smallest absolute Gasteiger partial charge is 0.122 e. The Morgan fingerprint density at radius 2 is 2.12 bits per heavy atom. The van der Waals surface area contributed by atoms with Crippen LogP contribution in [-0.4, -0.2) is 30.4 Å². The SMILES string of the molecule is CN(c1ccc(C(=N)N)cc1)C1CCSC1. The predicted molar refractivity (Wildman–Crippen MR) is 71.6 cm³/mol. The fourth-order valence-electron chi connectivity index (χ4n) is 1.91. The summed E-state index contributed by atoms with van der Waals surface area (Å²) < 4.78 is 0.